The zero-order valence-corrected chi connectivity index (χ0v) is 18.6. The van der Waals surface area contributed by atoms with Crippen molar-refractivity contribution in [1.82, 2.24) is 15.3 Å². The fourth-order valence-electron chi connectivity index (χ4n) is 2.92. The average Bonchev–Trinajstić information content (AvgIpc) is 3.09. The largest absolute Gasteiger partial charge is 0.444 e. The fourth-order valence-corrected chi connectivity index (χ4v) is 3.10. The van der Waals surface area contributed by atoms with Crippen LogP contribution in [0.15, 0.2) is 36.4 Å². The molecule has 0 radical (unpaired) electrons. The number of carbonyl (C=O) groups excluding carboxylic acids is 2. The second-order valence-corrected chi connectivity index (χ2v) is 8.40. The monoisotopic (exact) mass is 444 g/mol. The lowest BCUT2D eigenvalue weighted by Gasteiger charge is -2.19. The maximum Gasteiger partial charge on any atom is 0.408 e. The van der Waals surface area contributed by atoms with Gasteiger partial charge in [0.2, 0.25) is 5.91 Å². The second-order valence-electron chi connectivity index (χ2n) is 7.96. The van der Waals surface area contributed by atoms with Gasteiger partial charge in [0.1, 0.15) is 18.0 Å². The van der Waals surface area contributed by atoms with E-state index >= 15 is 0 Å². The van der Waals surface area contributed by atoms with Gasteiger partial charge in [-0.05, 0) is 56.7 Å². The molecule has 0 saturated carbocycles. The summed E-state index contributed by atoms with van der Waals surface area (Å²) in [6.45, 7) is 5.43. The molecule has 9 heteroatoms. The number of aromatic nitrogens is 2. The third-order valence-electron chi connectivity index (χ3n) is 4.16. The summed E-state index contributed by atoms with van der Waals surface area (Å²) in [6, 6.07) is 10.9. The minimum Gasteiger partial charge on any atom is -0.444 e. The standard InChI is InChI=1S/C22H25ClN4O4/c1-22(2,3)31-21(29)24-11-19(28)25-16-7-5-13(12-30-4)9-15(16)20-26-17-8-6-14(23)10-18(17)27-20/h5-10H,11-12H2,1-4H3,(H,24,29)(H,25,28)(H,26,27). The number of nitrogens with one attached hydrogen (secondary N) is 3. The molecular weight excluding hydrogens is 420 g/mol. The van der Waals surface area contributed by atoms with E-state index in [1.54, 1.807) is 46.1 Å². The third kappa shape index (κ3) is 6.19. The number of carbonyl (C=O) groups is 2. The first kappa shape index (κ1) is 22.6. The molecule has 3 N–H and O–H groups in total. The van der Waals surface area contributed by atoms with Crippen LogP contribution in [0.25, 0.3) is 22.4 Å². The first-order chi connectivity index (χ1) is 14.6. The molecule has 31 heavy (non-hydrogen) atoms. The first-order valence-corrected chi connectivity index (χ1v) is 10.1. The highest BCUT2D eigenvalue weighted by atomic mass is 35.5. The van der Waals surface area contributed by atoms with Crippen molar-refractivity contribution >= 4 is 40.3 Å². The molecule has 0 fully saturated rings. The number of anilines is 1. The van der Waals surface area contributed by atoms with Crippen LogP contribution in [-0.2, 0) is 20.9 Å². The lowest BCUT2D eigenvalue weighted by molar-refractivity contribution is -0.115. The molecule has 1 heterocycles. The SMILES string of the molecule is COCc1ccc(NC(=O)CNC(=O)OC(C)(C)C)c(-c2nc3ccc(Cl)cc3[nH]2)c1. The Balaban J connectivity index is 1.82. The van der Waals surface area contributed by atoms with Gasteiger partial charge in [0.15, 0.2) is 0 Å². The van der Waals surface area contributed by atoms with Crippen LogP contribution < -0.4 is 10.6 Å². The van der Waals surface area contributed by atoms with Crippen LogP contribution in [-0.4, -0.2) is 41.2 Å². The number of halogens is 1. The highest BCUT2D eigenvalue weighted by Gasteiger charge is 2.18. The Bertz CT molecular complexity index is 1100. The van der Waals surface area contributed by atoms with Crippen LogP contribution in [0, 0.1) is 0 Å². The van der Waals surface area contributed by atoms with Crippen LogP contribution in [0.4, 0.5) is 10.5 Å². The Kier molecular flexibility index (Phi) is 6.82. The lowest BCUT2D eigenvalue weighted by Crippen LogP contribution is -2.37. The molecular formula is C22H25ClN4O4. The summed E-state index contributed by atoms with van der Waals surface area (Å²) in [5, 5.41) is 5.86. The highest BCUT2D eigenvalue weighted by Crippen LogP contribution is 2.30. The fraction of sp³-hybridized carbons (Fsp3) is 0.318. The second kappa shape index (κ2) is 9.36. The Hall–Kier alpha value is -3.10. The van der Waals surface area contributed by atoms with Gasteiger partial charge in [0.05, 0.1) is 23.3 Å². The molecule has 0 atom stereocenters. The Morgan fingerprint density at radius 1 is 1.16 bits per heavy atom. The molecule has 0 saturated heterocycles. The van der Waals surface area contributed by atoms with Crippen molar-refractivity contribution in [2.24, 2.45) is 0 Å². The van der Waals surface area contributed by atoms with Crippen molar-refractivity contribution in [2.75, 3.05) is 19.0 Å². The number of aromatic amines is 1. The minimum absolute atomic E-state index is 0.232. The lowest BCUT2D eigenvalue weighted by atomic mass is 10.1. The number of H-pyrrole nitrogens is 1. The van der Waals surface area contributed by atoms with Gasteiger partial charge in [-0.2, -0.15) is 0 Å². The van der Waals surface area contributed by atoms with Crippen molar-refractivity contribution in [3.63, 3.8) is 0 Å². The summed E-state index contributed by atoms with van der Waals surface area (Å²) in [6.07, 6.45) is -0.660. The number of hydrogen-bond acceptors (Lipinski definition) is 5. The van der Waals surface area contributed by atoms with Gasteiger partial charge in [-0.1, -0.05) is 17.7 Å². The molecule has 0 spiro atoms. The van der Waals surface area contributed by atoms with Gasteiger partial charge >= 0.3 is 6.09 Å². The smallest absolute Gasteiger partial charge is 0.408 e. The van der Waals surface area contributed by atoms with Crippen molar-refractivity contribution in [3.05, 3.63) is 47.0 Å². The summed E-state index contributed by atoms with van der Waals surface area (Å²) in [5.74, 6) is 0.177. The van der Waals surface area contributed by atoms with Gasteiger partial charge in [0.25, 0.3) is 0 Å². The maximum absolute atomic E-state index is 12.4. The van der Waals surface area contributed by atoms with Crippen molar-refractivity contribution < 1.29 is 19.1 Å². The third-order valence-corrected chi connectivity index (χ3v) is 4.40. The highest BCUT2D eigenvalue weighted by molar-refractivity contribution is 6.31. The van der Waals surface area contributed by atoms with Crippen molar-refractivity contribution in [3.8, 4) is 11.4 Å². The Labute approximate surface area is 185 Å². The van der Waals surface area contributed by atoms with Crippen LogP contribution in [0.2, 0.25) is 5.02 Å². The molecule has 2 aromatic carbocycles. The number of nitrogens with zero attached hydrogens (tertiary/aromatic N) is 1. The number of ether oxygens (including phenoxy) is 2. The summed E-state index contributed by atoms with van der Waals surface area (Å²) in [4.78, 5) is 32.1. The summed E-state index contributed by atoms with van der Waals surface area (Å²) in [7, 11) is 1.61. The molecule has 0 aliphatic carbocycles. The topological polar surface area (TPSA) is 105 Å². The Morgan fingerprint density at radius 3 is 2.65 bits per heavy atom. The number of methoxy groups -OCH3 is 1. The van der Waals surface area contributed by atoms with Gasteiger partial charge < -0.3 is 25.1 Å². The van der Waals surface area contributed by atoms with Crippen LogP contribution >= 0.6 is 11.6 Å². The van der Waals surface area contributed by atoms with E-state index < -0.39 is 17.6 Å². The average molecular weight is 445 g/mol. The predicted octanol–water partition coefficient (Wildman–Crippen LogP) is 4.49. The minimum atomic E-state index is -0.660. The molecule has 1 aromatic heterocycles. The molecule has 8 nitrogen and oxygen atoms in total. The van der Waals surface area contributed by atoms with E-state index in [1.165, 1.54) is 0 Å². The summed E-state index contributed by atoms with van der Waals surface area (Å²) < 4.78 is 10.4. The number of benzene rings is 2. The zero-order chi connectivity index (χ0) is 22.6. The number of imidazole rings is 1. The number of rotatable bonds is 6. The van der Waals surface area contributed by atoms with Crippen molar-refractivity contribution in [1.29, 1.82) is 0 Å². The molecule has 0 bridgehead atoms. The van der Waals surface area contributed by atoms with Crippen LogP contribution in [0.5, 0.6) is 0 Å². The zero-order valence-electron chi connectivity index (χ0n) is 17.8. The number of amides is 2. The molecule has 2 amide bonds. The molecule has 3 aromatic rings. The summed E-state index contributed by atoms with van der Waals surface area (Å²) in [5.41, 5.74) is 3.04. The maximum atomic E-state index is 12.4. The molecule has 0 unspecified atom stereocenters. The summed E-state index contributed by atoms with van der Waals surface area (Å²) >= 11 is 6.07. The number of hydrogen-bond donors (Lipinski definition) is 3. The van der Waals surface area contributed by atoms with E-state index in [1.807, 2.05) is 18.2 Å². The molecule has 3 rings (SSSR count). The van der Waals surface area contributed by atoms with Crippen LogP contribution in [0.3, 0.4) is 0 Å². The predicted molar refractivity (Wildman–Crippen MR) is 120 cm³/mol. The van der Waals surface area contributed by atoms with Gasteiger partial charge in [-0.25, -0.2) is 9.78 Å². The van der Waals surface area contributed by atoms with E-state index in [4.69, 9.17) is 21.1 Å². The van der Waals surface area contributed by atoms with Crippen LogP contribution in [0.1, 0.15) is 26.3 Å². The molecule has 0 aliphatic rings. The normalized spacial score (nSPS) is 11.4. The molecule has 0 aliphatic heterocycles. The van der Waals surface area contributed by atoms with Gasteiger partial charge in [-0.15, -0.1) is 0 Å². The van der Waals surface area contributed by atoms with E-state index in [9.17, 15) is 9.59 Å². The van der Waals surface area contributed by atoms with E-state index in [-0.39, 0.29) is 6.54 Å². The van der Waals surface area contributed by atoms with E-state index in [2.05, 4.69) is 20.6 Å². The van der Waals surface area contributed by atoms with Gasteiger partial charge in [-0.3, -0.25) is 4.79 Å². The first-order valence-electron chi connectivity index (χ1n) is 9.69. The Morgan fingerprint density at radius 2 is 1.94 bits per heavy atom. The number of fused-ring (bicyclic) bond motifs is 1. The van der Waals surface area contributed by atoms with Gasteiger partial charge in [0, 0.05) is 17.7 Å². The van der Waals surface area contributed by atoms with E-state index in [0.717, 1.165) is 16.6 Å². The molecule has 164 valence electrons. The van der Waals surface area contributed by atoms with Crippen molar-refractivity contribution in [2.45, 2.75) is 33.0 Å². The number of alkyl carbamates (subject to hydrolysis) is 1. The van der Waals surface area contributed by atoms with E-state index in [0.29, 0.717) is 28.7 Å². The quantitative estimate of drug-likeness (QED) is 0.519.